The summed E-state index contributed by atoms with van der Waals surface area (Å²) in [6.45, 7) is -0.296. The van der Waals surface area contributed by atoms with Gasteiger partial charge in [0.25, 0.3) is 5.91 Å². The van der Waals surface area contributed by atoms with Crippen molar-refractivity contribution in [3.63, 3.8) is 0 Å². The van der Waals surface area contributed by atoms with Crippen LogP contribution in [0.4, 0.5) is 10.1 Å². The summed E-state index contributed by atoms with van der Waals surface area (Å²) < 4.78 is 13.8. The van der Waals surface area contributed by atoms with E-state index >= 15 is 0 Å². The van der Waals surface area contributed by atoms with Crippen LogP contribution in [0.1, 0.15) is 15.9 Å². The maximum atomic E-state index is 13.8. The molecule has 100 valence electrons. The molecule has 0 saturated heterocycles. The van der Waals surface area contributed by atoms with Crippen LogP contribution >= 0.6 is 0 Å². The predicted molar refractivity (Wildman–Crippen MR) is 70.3 cm³/mol. The van der Waals surface area contributed by atoms with E-state index in [1.165, 1.54) is 30.6 Å². The first-order valence-corrected chi connectivity index (χ1v) is 5.68. The lowest BCUT2D eigenvalue weighted by Crippen LogP contribution is -2.13. The fourth-order valence-electron chi connectivity index (χ4n) is 1.46. The molecule has 0 saturated carbocycles. The molecule has 1 amide bonds. The third-order valence-electron chi connectivity index (χ3n) is 2.38. The van der Waals surface area contributed by atoms with Crippen molar-refractivity contribution >= 4 is 11.6 Å². The first kappa shape index (κ1) is 13.6. The molecule has 2 aromatic rings. The van der Waals surface area contributed by atoms with Gasteiger partial charge in [0.05, 0.1) is 23.6 Å². The second-order valence-electron chi connectivity index (χ2n) is 3.74. The van der Waals surface area contributed by atoms with Gasteiger partial charge in [0.1, 0.15) is 12.4 Å². The van der Waals surface area contributed by atoms with Gasteiger partial charge < -0.3 is 10.4 Å². The monoisotopic (exact) mass is 271 g/mol. The van der Waals surface area contributed by atoms with Crippen LogP contribution in [0.2, 0.25) is 0 Å². The van der Waals surface area contributed by atoms with Crippen LogP contribution in [0.25, 0.3) is 0 Å². The van der Waals surface area contributed by atoms with Crippen LogP contribution in [0.15, 0.2) is 36.7 Å². The summed E-state index contributed by atoms with van der Waals surface area (Å²) in [7, 11) is 0. The molecule has 0 atom stereocenters. The van der Waals surface area contributed by atoms with Gasteiger partial charge in [-0.15, -0.1) is 0 Å². The van der Waals surface area contributed by atoms with E-state index in [-0.39, 0.29) is 17.9 Å². The van der Waals surface area contributed by atoms with E-state index in [1.54, 1.807) is 6.07 Å². The molecule has 0 bridgehead atoms. The van der Waals surface area contributed by atoms with Gasteiger partial charge in [0.2, 0.25) is 0 Å². The number of carbonyl (C=O) groups excluding carboxylic acids is 1. The van der Waals surface area contributed by atoms with E-state index in [2.05, 4.69) is 27.4 Å². The van der Waals surface area contributed by atoms with Crippen molar-refractivity contribution in [2.45, 2.75) is 0 Å². The SMILES string of the molecule is O=C(Nc1ccc(C#CCO)cc1F)c1ccnnc1. The van der Waals surface area contributed by atoms with Crippen molar-refractivity contribution in [2.24, 2.45) is 0 Å². The summed E-state index contributed by atoms with van der Waals surface area (Å²) in [5, 5.41) is 18.1. The van der Waals surface area contributed by atoms with Gasteiger partial charge in [-0.1, -0.05) is 11.8 Å². The standard InChI is InChI=1S/C14H10FN3O2/c15-12-8-10(2-1-7-19)3-4-13(12)18-14(20)11-5-6-16-17-9-11/h3-6,8-9,19H,7H2,(H,18,20). The molecular weight excluding hydrogens is 261 g/mol. The highest BCUT2D eigenvalue weighted by atomic mass is 19.1. The minimum Gasteiger partial charge on any atom is -0.384 e. The molecule has 0 unspecified atom stereocenters. The molecule has 1 aromatic heterocycles. The van der Waals surface area contributed by atoms with Gasteiger partial charge in [-0.25, -0.2) is 4.39 Å². The Morgan fingerprint density at radius 3 is 2.85 bits per heavy atom. The van der Waals surface area contributed by atoms with Gasteiger partial charge in [-0.3, -0.25) is 4.79 Å². The van der Waals surface area contributed by atoms with E-state index in [1.807, 2.05) is 0 Å². The van der Waals surface area contributed by atoms with Crippen LogP contribution in [0, 0.1) is 17.7 Å². The lowest BCUT2D eigenvalue weighted by atomic mass is 10.2. The quantitative estimate of drug-likeness (QED) is 0.805. The van der Waals surface area contributed by atoms with Crippen LogP contribution < -0.4 is 5.32 Å². The van der Waals surface area contributed by atoms with Gasteiger partial charge in [-0.2, -0.15) is 10.2 Å². The zero-order valence-corrected chi connectivity index (χ0v) is 10.3. The number of rotatable bonds is 2. The lowest BCUT2D eigenvalue weighted by Gasteiger charge is -2.06. The highest BCUT2D eigenvalue weighted by molar-refractivity contribution is 6.04. The van der Waals surface area contributed by atoms with Gasteiger partial charge in [-0.05, 0) is 24.3 Å². The van der Waals surface area contributed by atoms with Crippen molar-refractivity contribution in [3.05, 3.63) is 53.6 Å². The molecule has 0 fully saturated rings. The van der Waals surface area contributed by atoms with Crippen LogP contribution in [0.5, 0.6) is 0 Å². The number of hydrogen-bond donors (Lipinski definition) is 2. The Balaban J connectivity index is 2.16. The summed E-state index contributed by atoms with van der Waals surface area (Å²) in [6.07, 6.45) is 2.66. The topological polar surface area (TPSA) is 75.1 Å². The summed E-state index contributed by atoms with van der Waals surface area (Å²) in [5.41, 5.74) is 0.741. The van der Waals surface area contributed by atoms with Crippen LogP contribution in [-0.2, 0) is 0 Å². The lowest BCUT2D eigenvalue weighted by molar-refractivity contribution is 0.102. The maximum Gasteiger partial charge on any atom is 0.257 e. The molecule has 0 aliphatic rings. The zero-order valence-electron chi connectivity index (χ0n) is 10.3. The zero-order chi connectivity index (χ0) is 14.4. The maximum absolute atomic E-state index is 13.8. The summed E-state index contributed by atoms with van der Waals surface area (Å²) >= 11 is 0. The summed E-state index contributed by atoms with van der Waals surface area (Å²) in [4.78, 5) is 11.8. The Kier molecular flexibility index (Phi) is 4.37. The second-order valence-corrected chi connectivity index (χ2v) is 3.74. The first-order chi connectivity index (χ1) is 9.70. The van der Waals surface area contributed by atoms with Crippen molar-refractivity contribution in [1.29, 1.82) is 0 Å². The molecule has 6 heteroatoms. The molecule has 20 heavy (non-hydrogen) atoms. The van der Waals surface area contributed by atoms with Crippen molar-refractivity contribution in [1.82, 2.24) is 10.2 Å². The smallest absolute Gasteiger partial charge is 0.257 e. The fourth-order valence-corrected chi connectivity index (χ4v) is 1.46. The van der Waals surface area contributed by atoms with Crippen molar-refractivity contribution < 1.29 is 14.3 Å². The number of halogens is 1. The van der Waals surface area contributed by atoms with E-state index in [9.17, 15) is 9.18 Å². The second kappa shape index (κ2) is 6.41. The molecular formula is C14H10FN3O2. The number of aromatic nitrogens is 2. The number of carbonyl (C=O) groups is 1. The van der Waals surface area contributed by atoms with Crippen LogP contribution in [-0.4, -0.2) is 27.8 Å². The molecule has 0 radical (unpaired) electrons. The number of nitrogens with zero attached hydrogens (tertiary/aromatic N) is 2. The number of aliphatic hydroxyl groups excluding tert-OH is 1. The average Bonchev–Trinajstić information content (AvgIpc) is 2.48. The van der Waals surface area contributed by atoms with Gasteiger partial charge >= 0.3 is 0 Å². The van der Waals surface area contributed by atoms with Crippen molar-refractivity contribution in [2.75, 3.05) is 11.9 Å². The number of anilines is 1. The number of benzene rings is 1. The molecule has 1 aromatic carbocycles. The molecule has 1 heterocycles. The minimum absolute atomic E-state index is 0.0429. The molecule has 2 N–H and O–H groups in total. The molecule has 0 aliphatic carbocycles. The molecule has 0 aliphatic heterocycles. The third-order valence-corrected chi connectivity index (χ3v) is 2.38. The Morgan fingerprint density at radius 1 is 1.35 bits per heavy atom. The van der Waals surface area contributed by atoms with E-state index < -0.39 is 11.7 Å². The minimum atomic E-state index is -0.606. The number of nitrogens with one attached hydrogen (secondary N) is 1. The number of amides is 1. The first-order valence-electron chi connectivity index (χ1n) is 5.68. The highest BCUT2D eigenvalue weighted by Gasteiger charge is 2.09. The normalized spacial score (nSPS) is 9.50. The summed E-state index contributed by atoms with van der Waals surface area (Å²) in [6, 6.07) is 5.61. The Morgan fingerprint density at radius 2 is 2.20 bits per heavy atom. The average molecular weight is 271 g/mol. The van der Waals surface area contributed by atoms with Crippen LogP contribution in [0.3, 0.4) is 0 Å². The molecule has 5 nitrogen and oxygen atoms in total. The van der Waals surface area contributed by atoms with Gasteiger partial charge in [0.15, 0.2) is 0 Å². The van der Waals surface area contributed by atoms with E-state index in [0.717, 1.165) is 0 Å². The Labute approximate surface area is 114 Å². The number of aliphatic hydroxyl groups is 1. The molecule has 2 rings (SSSR count). The third kappa shape index (κ3) is 3.37. The summed E-state index contributed by atoms with van der Waals surface area (Å²) in [5.74, 6) is 3.91. The largest absolute Gasteiger partial charge is 0.384 e. The molecule has 0 spiro atoms. The van der Waals surface area contributed by atoms with E-state index in [0.29, 0.717) is 5.56 Å². The number of hydrogen-bond acceptors (Lipinski definition) is 4. The fraction of sp³-hybridized carbons (Fsp3) is 0.0714. The van der Waals surface area contributed by atoms with Crippen molar-refractivity contribution in [3.8, 4) is 11.8 Å². The van der Waals surface area contributed by atoms with Gasteiger partial charge in [0, 0.05) is 5.56 Å². The Hall–Kier alpha value is -2.78. The van der Waals surface area contributed by atoms with E-state index in [4.69, 9.17) is 5.11 Å². The Bertz CT molecular complexity index is 678. The highest BCUT2D eigenvalue weighted by Crippen LogP contribution is 2.16. The predicted octanol–water partition coefficient (Wildman–Crippen LogP) is 1.21.